The first-order valence-electron chi connectivity index (χ1n) is 12.5. The molecule has 1 amide bonds. The molecule has 0 N–H and O–H groups in total. The number of hydrogen-bond acceptors (Lipinski definition) is 6. The predicted octanol–water partition coefficient (Wildman–Crippen LogP) is 4.26. The Kier molecular flexibility index (Phi) is 8.89. The molecule has 0 radical (unpaired) electrons. The zero-order chi connectivity index (χ0) is 28.9. The Morgan fingerprint density at radius 3 is 2.17 bits per heavy atom. The van der Waals surface area contributed by atoms with E-state index in [1.54, 1.807) is 0 Å². The molecule has 3 aromatic rings. The molecular formula is C28H30F3N3O5S. The van der Waals surface area contributed by atoms with Gasteiger partial charge in [0.1, 0.15) is 6.54 Å². The molecule has 1 saturated heterocycles. The summed E-state index contributed by atoms with van der Waals surface area (Å²) in [6, 6.07) is 17.6. The van der Waals surface area contributed by atoms with Gasteiger partial charge in [0.05, 0.1) is 30.4 Å². The van der Waals surface area contributed by atoms with Crippen LogP contribution in [-0.2, 0) is 27.5 Å². The molecule has 8 nitrogen and oxygen atoms in total. The highest BCUT2D eigenvalue weighted by molar-refractivity contribution is 7.92. The lowest BCUT2D eigenvalue weighted by atomic mass is 10.2. The third-order valence-electron chi connectivity index (χ3n) is 6.66. The van der Waals surface area contributed by atoms with Gasteiger partial charge in [-0.3, -0.25) is 14.0 Å². The Morgan fingerprint density at radius 2 is 1.55 bits per heavy atom. The first kappa shape index (κ1) is 29.2. The fourth-order valence-corrected chi connectivity index (χ4v) is 5.90. The van der Waals surface area contributed by atoms with E-state index in [0.29, 0.717) is 37.0 Å². The molecule has 1 fully saturated rings. The van der Waals surface area contributed by atoms with E-state index in [2.05, 4.69) is 4.90 Å². The van der Waals surface area contributed by atoms with Crippen molar-refractivity contribution < 1.29 is 35.9 Å². The number of ether oxygens (including phenoxy) is 2. The van der Waals surface area contributed by atoms with E-state index in [0.717, 1.165) is 23.8 Å². The SMILES string of the molecule is COc1ccc(S(=O)(=O)N(CC(=O)N2CCN(Cc3ccccc3)CC2)c2cccc(C(F)(F)F)c2)cc1OC. The second-order valence-corrected chi connectivity index (χ2v) is 11.1. The molecule has 1 aliphatic heterocycles. The van der Waals surface area contributed by atoms with Crippen molar-refractivity contribution >= 4 is 21.6 Å². The molecular weight excluding hydrogens is 547 g/mol. The van der Waals surface area contributed by atoms with Crippen molar-refractivity contribution in [1.82, 2.24) is 9.80 Å². The number of piperazine rings is 1. The number of halogens is 3. The van der Waals surface area contributed by atoms with Gasteiger partial charge >= 0.3 is 6.18 Å². The summed E-state index contributed by atoms with van der Waals surface area (Å²) < 4.78 is 79.2. The second kappa shape index (κ2) is 12.2. The quantitative estimate of drug-likeness (QED) is 0.378. The average molecular weight is 578 g/mol. The highest BCUT2D eigenvalue weighted by Gasteiger charge is 2.34. The van der Waals surface area contributed by atoms with Crippen molar-refractivity contribution in [1.29, 1.82) is 0 Å². The average Bonchev–Trinajstić information content (AvgIpc) is 2.95. The van der Waals surface area contributed by atoms with Crippen LogP contribution in [0.5, 0.6) is 11.5 Å². The number of amides is 1. The molecule has 0 atom stereocenters. The van der Waals surface area contributed by atoms with Crippen molar-refractivity contribution in [3.8, 4) is 11.5 Å². The number of nitrogens with zero attached hydrogens (tertiary/aromatic N) is 3. The van der Waals surface area contributed by atoms with Crippen LogP contribution >= 0.6 is 0 Å². The Balaban J connectivity index is 1.60. The lowest BCUT2D eigenvalue weighted by Crippen LogP contribution is -2.51. The molecule has 0 aromatic heterocycles. The molecule has 0 spiro atoms. The first-order chi connectivity index (χ1) is 19.0. The maximum Gasteiger partial charge on any atom is 0.416 e. The molecule has 1 aliphatic rings. The van der Waals surface area contributed by atoms with Crippen LogP contribution in [0.4, 0.5) is 18.9 Å². The van der Waals surface area contributed by atoms with Crippen molar-refractivity contribution in [2.75, 3.05) is 51.2 Å². The maximum absolute atomic E-state index is 13.8. The summed E-state index contributed by atoms with van der Waals surface area (Å²) in [5, 5.41) is 0. The number of carbonyl (C=O) groups is 1. The van der Waals surface area contributed by atoms with Gasteiger partial charge in [-0.25, -0.2) is 8.42 Å². The van der Waals surface area contributed by atoms with Gasteiger partial charge in [-0.05, 0) is 35.9 Å². The van der Waals surface area contributed by atoms with Crippen LogP contribution in [0.15, 0.2) is 77.7 Å². The molecule has 12 heteroatoms. The van der Waals surface area contributed by atoms with E-state index in [-0.39, 0.29) is 22.1 Å². The first-order valence-corrected chi connectivity index (χ1v) is 13.9. The molecule has 0 saturated carbocycles. The van der Waals surface area contributed by atoms with E-state index in [1.165, 1.54) is 43.4 Å². The number of benzene rings is 3. The number of rotatable bonds is 9. The second-order valence-electron chi connectivity index (χ2n) is 9.22. The van der Waals surface area contributed by atoms with Gasteiger partial charge in [-0.15, -0.1) is 0 Å². The van der Waals surface area contributed by atoms with Crippen LogP contribution in [0.2, 0.25) is 0 Å². The van der Waals surface area contributed by atoms with Crippen molar-refractivity contribution in [3.05, 3.63) is 83.9 Å². The summed E-state index contributed by atoms with van der Waals surface area (Å²) >= 11 is 0. The molecule has 1 heterocycles. The van der Waals surface area contributed by atoms with Gasteiger partial charge < -0.3 is 14.4 Å². The van der Waals surface area contributed by atoms with E-state index < -0.39 is 34.2 Å². The number of sulfonamides is 1. The maximum atomic E-state index is 13.8. The van der Waals surface area contributed by atoms with Gasteiger partial charge in [0.15, 0.2) is 11.5 Å². The Morgan fingerprint density at radius 1 is 0.875 bits per heavy atom. The van der Waals surface area contributed by atoms with Gasteiger partial charge in [-0.2, -0.15) is 13.2 Å². The Bertz CT molecular complexity index is 1430. The smallest absolute Gasteiger partial charge is 0.416 e. The molecule has 0 aliphatic carbocycles. The van der Waals surface area contributed by atoms with Crippen molar-refractivity contribution in [2.45, 2.75) is 17.6 Å². The van der Waals surface area contributed by atoms with Crippen molar-refractivity contribution in [2.24, 2.45) is 0 Å². The van der Waals surface area contributed by atoms with Gasteiger partial charge in [-0.1, -0.05) is 36.4 Å². The minimum atomic E-state index is -4.70. The molecule has 3 aromatic carbocycles. The standard InChI is InChI=1S/C28H30F3N3O5S/c1-38-25-12-11-24(18-26(25)39-2)40(36,37)34(23-10-6-9-22(17-23)28(29,30)31)20-27(35)33-15-13-32(14-16-33)19-21-7-4-3-5-8-21/h3-12,17-18H,13-16,19-20H2,1-2H3. The summed E-state index contributed by atoms with van der Waals surface area (Å²) in [7, 11) is -1.77. The lowest BCUT2D eigenvalue weighted by molar-refractivity contribution is -0.137. The minimum Gasteiger partial charge on any atom is -0.493 e. The van der Waals surface area contributed by atoms with Crippen molar-refractivity contribution in [3.63, 3.8) is 0 Å². The monoisotopic (exact) mass is 577 g/mol. The molecule has 40 heavy (non-hydrogen) atoms. The summed E-state index contributed by atoms with van der Waals surface area (Å²) in [6.45, 7) is 1.92. The molecule has 0 bridgehead atoms. The molecule has 4 rings (SSSR count). The van der Waals surface area contributed by atoms with Crippen LogP contribution in [0.3, 0.4) is 0 Å². The third-order valence-corrected chi connectivity index (χ3v) is 8.43. The highest BCUT2D eigenvalue weighted by Crippen LogP contribution is 2.35. The summed E-state index contributed by atoms with van der Waals surface area (Å²) in [5.41, 5.74) is -0.167. The third kappa shape index (κ3) is 6.68. The number of hydrogen-bond donors (Lipinski definition) is 0. The molecule has 0 unspecified atom stereocenters. The van der Waals surface area contributed by atoms with Crippen LogP contribution in [0, 0.1) is 0 Å². The summed E-state index contributed by atoms with van der Waals surface area (Å²) in [4.78, 5) is 16.8. The van der Waals surface area contributed by atoms with Crippen LogP contribution < -0.4 is 13.8 Å². The topological polar surface area (TPSA) is 79.4 Å². The lowest BCUT2D eigenvalue weighted by Gasteiger charge is -2.36. The minimum absolute atomic E-state index is 0.119. The largest absolute Gasteiger partial charge is 0.493 e. The van der Waals surface area contributed by atoms with E-state index in [4.69, 9.17) is 9.47 Å². The van der Waals surface area contributed by atoms with Gasteiger partial charge in [0.25, 0.3) is 10.0 Å². The fraction of sp³-hybridized carbons (Fsp3) is 0.321. The number of alkyl halides is 3. The molecule has 214 valence electrons. The van der Waals surface area contributed by atoms with E-state index >= 15 is 0 Å². The fourth-order valence-electron chi connectivity index (χ4n) is 4.48. The van der Waals surface area contributed by atoms with Crippen LogP contribution in [-0.4, -0.2) is 71.1 Å². The summed E-state index contributed by atoms with van der Waals surface area (Å²) in [6.07, 6.45) is -4.70. The van der Waals surface area contributed by atoms with Crippen LogP contribution in [0.1, 0.15) is 11.1 Å². The summed E-state index contributed by atoms with van der Waals surface area (Å²) in [5.74, 6) is -0.120. The van der Waals surface area contributed by atoms with E-state index in [9.17, 15) is 26.4 Å². The van der Waals surface area contributed by atoms with Gasteiger partial charge in [0, 0.05) is 38.8 Å². The zero-order valence-electron chi connectivity index (χ0n) is 22.1. The van der Waals surface area contributed by atoms with Gasteiger partial charge in [0.2, 0.25) is 5.91 Å². The van der Waals surface area contributed by atoms with Crippen LogP contribution in [0.25, 0.3) is 0 Å². The number of carbonyl (C=O) groups excluding carboxylic acids is 1. The normalized spacial score (nSPS) is 14.6. The van der Waals surface area contributed by atoms with E-state index in [1.807, 2.05) is 30.3 Å². The number of anilines is 1. The Hall–Kier alpha value is -3.77. The highest BCUT2D eigenvalue weighted by atomic mass is 32.2. The predicted molar refractivity (Wildman–Crippen MR) is 144 cm³/mol. The Labute approximate surface area is 231 Å². The zero-order valence-corrected chi connectivity index (χ0v) is 22.9. The number of methoxy groups -OCH3 is 2.